The van der Waals surface area contributed by atoms with Crippen molar-refractivity contribution in [3.05, 3.63) is 54.1 Å². The number of hydrogen-bond donors (Lipinski definition) is 1. The van der Waals surface area contributed by atoms with Gasteiger partial charge < -0.3 is 5.32 Å². The molecule has 0 saturated carbocycles. The maximum Gasteiger partial charge on any atom is 0.138 e. The first-order valence-corrected chi connectivity index (χ1v) is 7.58. The molecule has 0 atom stereocenters. The quantitative estimate of drug-likeness (QED) is 0.578. The Bertz CT molecular complexity index is 1030. The van der Waals surface area contributed by atoms with Gasteiger partial charge in [0.2, 0.25) is 0 Å². The van der Waals surface area contributed by atoms with E-state index in [1.807, 2.05) is 43.4 Å². The van der Waals surface area contributed by atoms with E-state index in [1.54, 1.807) is 10.9 Å². The molecule has 1 aromatic carbocycles. The molecule has 0 saturated heterocycles. The number of aryl methyl sites for hydroxylation is 1. The zero-order valence-electron chi connectivity index (χ0n) is 12.7. The van der Waals surface area contributed by atoms with Crippen LogP contribution < -0.4 is 5.32 Å². The van der Waals surface area contributed by atoms with E-state index < -0.39 is 0 Å². The molecule has 0 aliphatic heterocycles. The molecule has 24 heavy (non-hydrogen) atoms. The number of halogens is 1. The Morgan fingerprint density at radius 1 is 1.08 bits per heavy atom. The summed E-state index contributed by atoms with van der Waals surface area (Å²) in [6.45, 7) is 0. The normalized spacial score (nSPS) is 10.9. The number of anilines is 2. The van der Waals surface area contributed by atoms with E-state index in [9.17, 15) is 0 Å². The van der Waals surface area contributed by atoms with Gasteiger partial charge in [-0.15, -0.1) is 5.10 Å². The fourth-order valence-corrected chi connectivity index (χ4v) is 2.63. The molecule has 8 heteroatoms. The molecule has 3 heterocycles. The number of benzene rings is 1. The Morgan fingerprint density at radius 2 is 2.00 bits per heavy atom. The monoisotopic (exact) mass is 337 g/mol. The highest BCUT2D eigenvalue weighted by Gasteiger charge is 2.08. The summed E-state index contributed by atoms with van der Waals surface area (Å²) >= 11 is 6.13. The van der Waals surface area contributed by atoms with Crippen LogP contribution in [0, 0.1) is 0 Å². The van der Waals surface area contributed by atoms with E-state index in [0.717, 1.165) is 22.3 Å². The van der Waals surface area contributed by atoms with Gasteiger partial charge in [0.15, 0.2) is 0 Å². The average Bonchev–Trinajstić information content (AvgIpc) is 2.96. The van der Waals surface area contributed by atoms with Crippen LogP contribution in [0.3, 0.4) is 0 Å². The maximum absolute atomic E-state index is 6.13. The minimum atomic E-state index is 0.406. The van der Waals surface area contributed by atoms with Crippen LogP contribution in [0.15, 0.2) is 48.9 Å². The Hall–Kier alpha value is -3.06. The number of rotatable bonds is 3. The van der Waals surface area contributed by atoms with Gasteiger partial charge in [0.05, 0.1) is 11.2 Å². The average molecular weight is 338 g/mol. The second kappa shape index (κ2) is 5.86. The molecule has 4 aromatic rings. The summed E-state index contributed by atoms with van der Waals surface area (Å²) in [7, 11) is 1.86. The Balaban J connectivity index is 1.67. The van der Waals surface area contributed by atoms with Crippen LogP contribution in [0.1, 0.15) is 0 Å². The summed E-state index contributed by atoms with van der Waals surface area (Å²) in [4.78, 5) is 12.6. The molecule has 4 rings (SSSR count). The van der Waals surface area contributed by atoms with Crippen molar-refractivity contribution in [2.24, 2.45) is 7.05 Å². The molecule has 0 aliphatic rings. The van der Waals surface area contributed by atoms with Crippen molar-refractivity contribution in [2.45, 2.75) is 0 Å². The minimum absolute atomic E-state index is 0.406. The number of aromatic nitrogens is 6. The summed E-state index contributed by atoms with van der Waals surface area (Å²) in [5, 5.41) is 11.8. The van der Waals surface area contributed by atoms with Gasteiger partial charge in [0, 0.05) is 30.6 Å². The lowest BCUT2D eigenvalue weighted by molar-refractivity contribution is 0.736. The fraction of sp³-hybridized carbons (Fsp3) is 0.0625. The predicted octanol–water partition coefficient (Wildman–Crippen LogP) is 3.22. The van der Waals surface area contributed by atoms with Crippen molar-refractivity contribution in [3.8, 4) is 11.3 Å². The predicted molar refractivity (Wildman–Crippen MR) is 92.1 cm³/mol. The zero-order chi connectivity index (χ0) is 16.5. The molecule has 0 bridgehead atoms. The standard InChI is InChI=1S/C16H12ClN7/c1-24-14-5-4-10(7-13(14)22-23-24)21-15-8-12(19-9-20-15)11-3-2-6-18-16(11)17/h2-9H,1H3,(H,19,20,21). The maximum atomic E-state index is 6.13. The molecule has 1 N–H and O–H groups in total. The van der Waals surface area contributed by atoms with Crippen LogP contribution in [0.4, 0.5) is 11.5 Å². The second-order valence-corrected chi connectivity index (χ2v) is 5.53. The van der Waals surface area contributed by atoms with Crippen LogP contribution in [0.25, 0.3) is 22.3 Å². The minimum Gasteiger partial charge on any atom is -0.340 e. The van der Waals surface area contributed by atoms with Gasteiger partial charge in [-0.2, -0.15) is 0 Å². The molecule has 0 unspecified atom stereocenters. The van der Waals surface area contributed by atoms with Crippen molar-refractivity contribution in [1.29, 1.82) is 0 Å². The van der Waals surface area contributed by atoms with Gasteiger partial charge in [-0.1, -0.05) is 16.8 Å². The zero-order valence-corrected chi connectivity index (χ0v) is 13.4. The Labute approximate surface area is 142 Å². The molecule has 0 spiro atoms. The molecule has 0 amide bonds. The first-order chi connectivity index (χ1) is 11.7. The third-order valence-corrected chi connectivity index (χ3v) is 3.89. The van der Waals surface area contributed by atoms with Gasteiger partial charge >= 0.3 is 0 Å². The molecular formula is C16H12ClN7. The number of hydrogen-bond acceptors (Lipinski definition) is 6. The van der Waals surface area contributed by atoms with Crippen LogP contribution >= 0.6 is 11.6 Å². The van der Waals surface area contributed by atoms with E-state index in [0.29, 0.717) is 16.7 Å². The topological polar surface area (TPSA) is 81.4 Å². The molecule has 7 nitrogen and oxygen atoms in total. The van der Waals surface area contributed by atoms with E-state index in [-0.39, 0.29) is 0 Å². The van der Waals surface area contributed by atoms with Crippen LogP contribution in [-0.2, 0) is 7.05 Å². The van der Waals surface area contributed by atoms with E-state index in [4.69, 9.17) is 11.6 Å². The summed E-state index contributed by atoms with van der Waals surface area (Å²) < 4.78 is 1.73. The van der Waals surface area contributed by atoms with Crippen LogP contribution in [-0.4, -0.2) is 29.9 Å². The highest BCUT2D eigenvalue weighted by atomic mass is 35.5. The van der Waals surface area contributed by atoms with Crippen molar-refractivity contribution in [1.82, 2.24) is 29.9 Å². The molecule has 118 valence electrons. The first kappa shape index (κ1) is 14.5. The van der Waals surface area contributed by atoms with E-state index in [2.05, 4.69) is 30.6 Å². The van der Waals surface area contributed by atoms with Crippen LogP contribution in [0.5, 0.6) is 0 Å². The molecular weight excluding hydrogens is 326 g/mol. The summed E-state index contributed by atoms with van der Waals surface area (Å²) in [6.07, 6.45) is 3.13. The van der Waals surface area contributed by atoms with Gasteiger partial charge in [0.1, 0.15) is 22.8 Å². The molecule has 3 aromatic heterocycles. The summed E-state index contributed by atoms with van der Waals surface area (Å²) in [5.41, 5.74) is 4.10. The lowest BCUT2D eigenvalue weighted by Crippen LogP contribution is -1.96. The third kappa shape index (κ3) is 2.65. The van der Waals surface area contributed by atoms with Gasteiger partial charge in [-0.3, -0.25) is 0 Å². The Morgan fingerprint density at radius 3 is 2.88 bits per heavy atom. The molecule has 0 radical (unpaired) electrons. The largest absolute Gasteiger partial charge is 0.340 e. The highest BCUT2D eigenvalue weighted by molar-refractivity contribution is 6.32. The number of nitrogens with zero attached hydrogens (tertiary/aromatic N) is 6. The van der Waals surface area contributed by atoms with Gasteiger partial charge in [0.25, 0.3) is 0 Å². The molecule has 0 fully saturated rings. The van der Waals surface area contributed by atoms with Gasteiger partial charge in [-0.05, 0) is 30.3 Å². The van der Waals surface area contributed by atoms with Crippen LogP contribution in [0.2, 0.25) is 5.15 Å². The lowest BCUT2D eigenvalue weighted by Gasteiger charge is -2.07. The highest BCUT2D eigenvalue weighted by Crippen LogP contribution is 2.26. The van der Waals surface area contributed by atoms with Crippen molar-refractivity contribution in [2.75, 3.05) is 5.32 Å². The SMILES string of the molecule is Cn1nnc2cc(Nc3cc(-c4cccnc4Cl)ncn3)ccc21. The van der Waals surface area contributed by atoms with Crippen molar-refractivity contribution < 1.29 is 0 Å². The van der Waals surface area contributed by atoms with E-state index >= 15 is 0 Å². The Kier molecular flexibility index (Phi) is 3.55. The number of pyridine rings is 1. The number of fused-ring (bicyclic) bond motifs is 1. The summed E-state index contributed by atoms with van der Waals surface area (Å²) in [6, 6.07) is 11.3. The smallest absolute Gasteiger partial charge is 0.138 e. The van der Waals surface area contributed by atoms with Crippen molar-refractivity contribution in [3.63, 3.8) is 0 Å². The number of nitrogens with one attached hydrogen (secondary N) is 1. The second-order valence-electron chi connectivity index (χ2n) is 5.17. The van der Waals surface area contributed by atoms with E-state index in [1.165, 1.54) is 6.33 Å². The summed E-state index contributed by atoms with van der Waals surface area (Å²) in [5.74, 6) is 0.656. The van der Waals surface area contributed by atoms with Crippen molar-refractivity contribution >= 4 is 34.1 Å². The lowest BCUT2D eigenvalue weighted by atomic mass is 10.2. The first-order valence-electron chi connectivity index (χ1n) is 7.20. The van der Waals surface area contributed by atoms with Gasteiger partial charge in [-0.25, -0.2) is 19.6 Å². The fourth-order valence-electron chi connectivity index (χ4n) is 2.42. The third-order valence-electron chi connectivity index (χ3n) is 3.59. The molecule has 0 aliphatic carbocycles.